The summed E-state index contributed by atoms with van der Waals surface area (Å²) in [5.41, 5.74) is 2.64. The maximum atomic E-state index is 12.7. The highest BCUT2D eigenvalue weighted by Crippen LogP contribution is 2.25. The fraction of sp³-hybridized carbons (Fsp3) is 0.263. The van der Waals surface area contributed by atoms with Crippen LogP contribution in [0, 0.1) is 6.92 Å². The molecule has 2 aromatic rings. The van der Waals surface area contributed by atoms with Crippen molar-refractivity contribution in [3.05, 3.63) is 64.7 Å². The molecule has 124 valence electrons. The van der Waals surface area contributed by atoms with Crippen molar-refractivity contribution in [2.75, 3.05) is 5.32 Å². The van der Waals surface area contributed by atoms with Gasteiger partial charge in [-0.3, -0.25) is 9.59 Å². The Hall–Kier alpha value is -2.33. The van der Waals surface area contributed by atoms with Crippen molar-refractivity contribution < 1.29 is 9.59 Å². The molecular weight excluding hydrogens is 324 g/mol. The molecule has 4 nitrogen and oxygen atoms in total. The fourth-order valence-electron chi connectivity index (χ4n) is 2.97. The van der Waals surface area contributed by atoms with Gasteiger partial charge in [-0.1, -0.05) is 41.9 Å². The van der Waals surface area contributed by atoms with E-state index in [1.807, 2.05) is 37.3 Å². The minimum atomic E-state index is -0.437. The number of carbonyl (C=O) groups is 2. The van der Waals surface area contributed by atoms with Gasteiger partial charge in [0, 0.05) is 23.7 Å². The maximum absolute atomic E-state index is 12.7. The van der Waals surface area contributed by atoms with E-state index in [0.717, 1.165) is 16.8 Å². The van der Waals surface area contributed by atoms with Crippen LogP contribution in [0.2, 0.25) is 5.02 Å². The summed E-state index contributed by atoms with van der Waals surface area (Å²) in [6, 6.07) is 14.6. The molecule has 1 heterocycles. The van der Waals surface area contributed by atoms with Crippen molar-refractivity contribution in [3.8, 4) is 0 Å². The average molecular weight is 343 g/mol. The molecule has 3 rings (SSSR count). The summed E-state index contributed by atoms with van der Waals surface area (Å²) in [6.07, 6.45) is 0.953. The van der Waals surface area contributed by atoms with Gasteiger partial charge in [0.2, 0.25) is 11.8 Å². The van der Waals surface area contributed by atoms with Crippen LogP contribution in [0.3, 0.4) is 0 Å². The Bertz CT molecular complexity index is 761. The molecule has 2 aromatic carbocycles. The predicted molar refractivity (Wildman–Crippen MR) is 94.8 cm³/mol. The minimum Gasteiger partial charge on any atom is -0.326 e. The first-order valence-electron chi connectivity index (χ1n) is 7.95. The van der Waals surface area contributed by atoms with Crippen molar-refractivity contribution in [1.82, 2.24) is 4.90 Å². The molecule has 1 unspecified atom stereocenters. The van der Waals surface area contributed by atoms with Crippen LogP contribution in [0.5, 0.6) is 0 Å². The van der Waals surface area contributed by atoms with Crippen LogP contribution in [0.4, 0.5) is 5.69 Å². The largest absolute Gasteiger partial charge is 0.326 e. The summed E-state index contributed by atoms with van der Waals surface area (Å²) in [6.45, 7) is 2.35. The van der Waals surface area contributed by atoms with Gasteiger partial charge >= 0.3 is 0 Å². The highest BCUT2D eigenvalue weighted by Gasteiger charge is 2.36. The number of likely N-dealkylation sites (tertiary alicyclic amines) is 1. The summed E-state index contributed by atoms with van der Waals surface area (Å²) in [4.78, 5) is 26.5. The smallest absolute Gasteiger partial charge is 0.247 e. The van der Waals surface area contributed by atoms with Gasteiger partial charge in [0.25, 0.3) is 0 Å². The van der Waals surface area contributed by atoms with E-state index in [9.17, 15) is 9.59 Å². The Balaban J connectivity index is 1.74. The molecule has 2 amide bonds. The zero-order valence-corrected chi connectivity index (χ0v) is 14.2. The number of aryl methyl sites for hydroxylation is 1. The van der Waals surface area contributed by atoms with E-state index in [0.29, 0.717) is 24.4 Å². The number of nitrogens with one attached hydrogen (secondary N) is 1. The summed E-state index contributed by atoms with van der Waals surface area (Å²) < 4.78 is 0. The first-order valence-corrected chi connectivity index (χ1v) is 8.33. The topological polar surface area (TPSA) is 49.4 Å². The van der Waals surface area contributed by atoms with Gasteiger partial charge in [-0.2, -0.15) is 0 Å². The SMILES string of the molecule is Cc1cc(Cl)ccc1NC(=O)C1CCC(=O)N1Cc1ccccc1. The number of anilines is 1. The third kappa shape index (κ3) is 3.60. The quantitative estimate of drug-likeness (QED) is 0.919. The Labute approximate surface area is 146 Å². The number of amides is 2. The molecule has 1 saturated heterocycles. The third-order valence-corrected chi connectivity index (χ3v) is 4.51. The standard InChI is InChI=1S/C19H19ClN2O2/c1-13-11-15(20)7-8-16(13)21-19(24)17-9-10-18(23)22(17)12-14-5-3-2-4-6-14/h2-8,11,17H,9-10,12H2,1H3,(H,21,24). The molecule has 0 aromatic heterocycles. The normalized spacial score (nSPS) is 17.2. The van der Waals surface area contributed by atoms with E-state index < -0.39 is 6.04 Å². The zero-order chi connectivity index (χ0) is 17.1. The van der Waals surface area contributed by atoms with Gasteiger partial charge in [-0.25, -0.2) is 0 Å². The Kier molecular flexibility index (Phi) is 4.86. The second-order valence-corrected chi connectivity index (χ2v) is 6.45. The lowest BCUT2D eigenvalue weighted by molar-refractivity contribution is -0.133. The van der Waals surface area contributed by atoms with E-state index >= 15 is 0 Å². The van der Waals surface area contributed by atoms with Gasteiger partial charge < -0.3 is 10.2 Å². The first-order chi connectivity index (χ1) is 11.5. The van der Waals surface area contributed by atoms with Crippen LogP contribution in [-0.4, -0.2) is 22.8 Å². The molecule has 0 aliphatic carbocycles. The van der Waals surface area contributed by atoms with Gasteiger partial charge in [0.1, 0.15) is 6.04 Å². The number of rotatable bonds is 4. The molecule has 1 aliphatic heterocycles. The number of hydrogen-bond donors (Lipinski definition) is 1. The number of hydrogen-bond acceptors (Lipinski definition) is 2. The summed E-state index contributed by atoms with van der Waals surface area (Å²) in [7, 11) is 0. The zero-order valence-electron chi connectivity index (χ0n) is 13.5. The van der Waals surface area contributed by atoms with Crippen molar-refractivity contribution in [2.24, 2.45) is 0 Å². The van der Waals surface area contributed by atoms with E-state index in [1.54, 1.807) is 23.1 Å². The molecular formula is C19H19ClN2O2. The lowest BCUT2D eigenvalue weighted by atomic mass is 10.1. The second kappa shape index (κ2) is 7.05. The maximum Gasteiger partial charge on any atom is 0.247 e. The molecule has 24 heavy (non-hydrogen) atoms. The molecule has 0 bridgehead atoms. The van der Waals surface area contributed by atoms with Gasteiger partial charge in [-0.15, -0.1) is 0 Å². The van der Waals surface area contributed by atoms with Crippen LogP contribution in [0.25, 0.3) is 0 Å². The molecule has 0 spiro atoms. The summed E-state index contributed by atoms with van der Waals surface area (Å²) in [5.74, 6) is -0.131. The molecule has 0 radical (unpaired) electrons. The van der Waals surface area contributed by atoms with E-state index in [1.165, 1.54) is 0 Å². The Morgan fingerprint density at radius 1 is 1.25 bits per heavy atom. The third-order valence-electron chi connectivity index (χ3n) is 4.27. The second-order valence-electron chi connectivity index (χ2n) is 6.01. The van der Waals surface area contributed by atoms with Crippen molar-refractivity contribution >= 4 is 29.1 Å². The van der Waals surface area contributed by atoms with Crippen LogP contribution < -0.4 is 5.32 Å². The van der Waals surface area contributed by atoms with Crippen molar-refractivity contribution in [1.29, 1.82) is 0 Å². The molecule has 5 heteroatoms. The summed E-state index contributed by atoms with van der Waals surface area (Å²) in [5, 5.41) is 3.56. The van der Waals surface area contributed by atoms with Crippen LogP contribution in [-0.2, 0) is 16.1 Å². The number of halogens is 1. The van der Waals surface area contributed by atoms with Crippen LogP contribution in [0.15, 0.2) is 48.5 Å². The lowest BCUT2D eigenvalue weighted by Gasteiger charge is -2.24. The van der Waals surface area contributed by atoms with Gasteiger partial charge in [0.05, 0.1) is 0 Å². The van der Waals surface area contributed by atoms with E-state index in [2.05, 4.69) is 5.32 Å². The van der Waals surface area contributed by atoms with Crippen molar-refractivity contribution in [2.45, 2.75) is 32.4 Å². The van der Waals surface area contributed by atoms with Crippen LogP contribution in [0.1, 0.15) is 24.0 Å². The Morgan fingerprint density at radius 2 is 2.00 bits per heavy atom. The van der Waals surface area contributed by atoms with Gasteiger partial charge in [-0.05, 0) is 42.7 Å². The number of carbonyl (C=O) groups excluding carboxylic acids is 2. The fourth-order valence-corrected chi connectivity index (χ4v) is 3.19. The first kappa shape index (κ1) is 16.5. The number of nitrogens with zero attached hydrogens (tertiary/aromatic N) is 1. The van der Waals surface area contributed by atoms with E-state index in [4.69, 9.17) is 11.6 Å². The highest BCUT2D eigenvalue weighted by atomic mass is 35.5. The molecule has 1 atom stereocenters. The monoisotopic (exact) mass is 342 g/mol. The minimum absolute atomic E-state index is 0.0202. The van der Waals surface area contributed by atoms with E-state index in [-0.39, 0.29) is 11.8 Å². The molecule has 1 fully saturated rings. The number of benzene rings is 2. The molecule has 0 saturated carbocycles. The van der Waals surface area contributed by atoms with Crippen LogP contribution >= 0.6 is 11.6 Å². The average Bonchev–Trinajstić information content (AvgIpc) is 2.92. The van der Waals surface area contributed by atoms with Gasteiger partial charge in [0.15, 0.2) is 0 Å². The molecule has 1 N–H and O–H groups in total. The lowest BCUT2D eigenvalue weighted by Crippen LogP contribution is -2.41. The Morgan fingerprint density at radius 3 is 2.71 bits per heavy atom. The molecule has 1 aliphatic rings. The highest BCUT2D eigenvalue weighted by molar-refractivity contribution is 6.30. The predicted octanol–water partition coefficient (Wildman–Crippen LogP) is 3.78. The van der Waals surface area contributed by atoms with Crippen molar-refractivity contribution in [3.63, 3.8) is 0 Å². The summed E-state index contributed by atoms with van der Waals surface area (Å²) >= 11 is 5.95.